The summed E-state index contributed by atoms with van der Waals surface area (Å²) in [5.41, 5.74) is 3.41. The van der Waals surface area contributed by atoms with Crippen molar-refractivity contribution in [3.05, 3.63) is 60.3 Å². The normalized spacial score (nSPS) is 13.4. The molecule has 0 saturated heterocycles. The summed E-state index contributed by atoms with van der Waals surface area (Å²) in [6, 6.07) is 10.2. The zero-order valence-electron chi connectivity index (χ0n) is 14.2. The fourth-order valence-corrected chi connectivity index (χ4v) is 3.11. The first-order valence-electron chi connectivity index (χ1n) is 8.76. The van der Waals surface area contributed by atoms with Crippen molar-refractivity contribution in [3.63, 3.8) is 0 Å². The molecule has 0 radical (unpaired) electrons. The van der Waals surface area contributed by atoms with Gasteiger partial charge in [-0.1, -0.05) is 30.3 Å². The molecule has 25 heavy (non-hydrogen) atoms. The van der Waals surface area contributed by atoms with Crippen LogP contribution in [-0.4, -0.2) is 32.6 Å². The van der Waals surface area contributed by atoms with Crippen LogP contribution in [0.5, 0.6) is 0 Å². The van der Waals surface area contributed by atoms with Gasteiger partial charge in [0.2, 0.25) is 0 Å². The topological polar surface area (TPSA) is 67.7 Å². The Kier molecular flexibility index (Phi) is 4.70. The van der Waals surface area contributed by atoms with Crippen LogP contribution in [0.2, 0.25) is 0 Å². The van der Waals surface area contributed by atoms with Gasteiger partial charge >= 0.3 is 0 Å². The molecule has 1 aromatic carbocycles. The van der Waals surface area contributed by atoms with Crippen LogP contribution in [0, 0.1) is 0 Å². The molecule has 0 unspecified atom stereocenters. The van der Waals surface area contributed by atoms with Crippen LogP contribution < -0.4 is 10.6 Å². The number of anilines is 1. The molecule has 0 amide bonds. The highest BCUT2D eigenvalue weighted by atomic mass is 15.1. The number of benzene rings is 1. The highest BCUT2D eigenvalue weighted by Gasteiger charge is 2.17. The fraction of sp³-hybridized carbons (Fsp3) is 0.316. The van der Waals surface area contributed by atoms with E-state index in [1.54, 1.807) is 0 Å². The van der Waals surface area contributed by atoms with Gasteiger partial charge in [-0.2, -0.15) is 0 Å². The maximum atomic E-state index is 4.82. The number of imidazole rings is 1. The second-order valence-electron chi connectivity index (χ2n) is 6.19. The Bertz CT molecular complexity index is 813. The minimum Gasteiger partial charge on any atom is -0.370 e. The van der Waals surface area contributed by atoms with Crippen LogP contribution in [0.25, 0.3) is 11.4 Å². The van der Waals surface area contributed by atoms with Crippen molar-refractivity contribution < 1.29 is 0 Å². The summed E-state index contributed by atoms with van der Waals surface area (Å²) in [6.07, 6.45) is 7.65. The van der Waals surface area contributed by atoms with Gasteiger partial charge in [0.1, 0.15) is 5.82 Å². The summed E-state index contributed by atoms with van der Waals surface area (Å²) in [4.78, 5) is 13.7. The Morgan fingerprint density at radius 2 is 2.08 bits per heavy atom. The zero-order chi connectivity index (χ0) is 16.9. The van der Waals surface area contributed by atoms with Gasteiger partial charge < -0.3 is 15.2 Å². The monoisotopic (exact) mass is 334 g/mol. The number of nitrogens with one attached hydrogen (secondary N) is 2. The predicted molar refractivity (Wildman–Crippen MR) is 98.2 cm³/mol. The molecule has 6 heteroatoms. The molecule has 0 fully saturated rings. The lowest BCUT2D eigenvalue weighted by molar-refractivity contribution is 0.623. The number of hydrogen-bond acceptors (Lipinski definition) is 5. The van der Waals surface area contributed by atoms with Crippen molar-refractivity contribution in [2.75, 3.05) is 18.4 Å². The van der Waals surface area contributed by atoms with Crippen molar-refractivity contribution in [1.82, 2.24) is 24.8 Å². The number of rotatable bonds is 6. The van der Waals surface area contributed by atoms with Crippen molar-refractivity contribution in [2.24, 2.45) is 0 Å². The molecule has 3 heterocycles. The average Bonchev–Trinajstić information content (AvgIpc) is 3.19. The molecule has 0 atom stereocenters. The number of aromatic nitrogens is 4. The van der Waals surface area contributed by atoms with Crippen LogP contribution in [0.15, 0.2) is 49.1 Å². The minimum atomic E-state index is 0.792. The Morgan fingerprint density at radius 1 is 1.16 bits per heavy atom. The van der Waals surface area contributed by atoms with E-state index in [4.69, 9.17) is 9.97 Å². The maximum Gasteiger partial charge on any atom is 0.161 e. The molecule has 128 valence electrons. The van der Waals surface area contributed by atoms with Gasteiger partial charge in [0.15, 0.2) is 5.82 Å². The Hall–Kier alpha value is -2.73. The van der Waals surface area contributed by atoms with Crippen molar-refractivity contribution in [3.8, 4) is 11.4 Å². The van der Waals surface area contributed by atoms with Gasteiger partial charge in [-0.05, 0) is 19.4 Å². The fourth-order valence-electron chi connectivity index (χ4n) is 3.11. The third-order valence-electron chi connectivity index (χ3n) is 4.41. The Balaban J connectivity index is 1.52. The first kappa shape index (κ1) is 15.8. The molecule has 2 N–H and O–H groups in total. The van der Waals surface area contributed by atoms with Gasteiger partial charge in [0.25, 0.3) is 0 Å². The molecule has 3 aromatic rings. The van der Waals surface area contributed by atoms with Crippen molar-refractivity contribution in [1.29, 1.82) is 0 Å². The molecule has 1 aliphatic heterocycles. The average molecular weight is 334 g/mol. The lowest BCUT2D eigenvalue weighted by atomic mass is 10.1. The summed E-state index contributed by atoms with van der Waals surface area (Å²) < 4.78 is 2.09. The second kappa shape index (κ2) is 7.44. The summed E-state index contributed by atoms with van der Waals surface area (Å²) in [5.74, 6) is 1.77. The summed E-state index contributed by atoms with van der Waals surface area (Å²) in [7, 11) is 0. The largest absolute Gasteiger partial charge is 0.370 e. The third kappa shape index (κ3) is 3.69. The number of fused-ring (bicyclic) bond motifs is 1. The number of nitrogens with zero attached hydrogens (tertiary/aromatic N) is 4. The van der Waals surface area contributed by atoms with Crippen LogP contribution in [0.3, 0.4) is 0 Å². The van der Waals surface area contributed by atoms with E-state index in [1.807, 2.05) is 36.9 Å². The number of aryl methyl sites for hydroxylation is 1. The highest BCUT2D eigenvalue weighted by Crippen LogP contribution is 2.24. The molecule has 0 spiro atoms. The first-order chi connectivity index (χ1) is 12.4. The highest BCUT2D eigenvalue weighted by molar-refractivity contribution is 5.60. The molecule has 2 aromatic heterocycles. The molecule has 0 bridgehead atoms. The lowest BCUT2D eigenvalue weighted by Crippen LogP contribution is -2.26. The molecular weight excluding hydrogens is 312 g/mol. The van der Waals surface area contributed by atoms with Gasteiger partial charge in [-0.15, -0.1) is 0 Å². The van der Waals surface area contributed by atoms with E-state index >= 15 is 0 Å². The smallest absolute Gasteiger partial charge is 0.161 e. The van der Waals surface area contributed by atoms with Crippen LogP contribution in [-0.2, 0) is 19.5 Å². The van der Waals surface area contributed by atoms with Gasteiger partial charge in [0, 0.05) is 43.2 Å². The predicted octanol–water partition coefficient (Wildman–Crippen LogP) is 2.49. The van der Waals surface area contributed by atoms with Crippen LogP contribution >= 0.6 is 0 Å². The summed E-state index contributed by atoms with van der Waals surface area (Å²) in [6.45, 7) is 3.61. The first-order valence-corrected chi connectivity index (χ1v) is 8.76. The van der Waals surface area contributed by atoms with Crippen molar-refractivity contribution >= 4 is 5.82 Å². The summed E-state index contributed by atoms with van der Waals surface area (Å²) in [5, 5.41) is 6.94. The van der Waals surface area contributed by atoms with Crippen LogP contribution in [0.1, 0.15) is 17.7 Å². The van der Waals surface area contributed by atoms with E-state index in [1.165, 1.54) is 5.56 Å². The molecule has 4 rings (SSSR count). The van der Waals surface area contributed by atoms with Crippen LogP contribution in [0.4, 0.5) is 5.82 Å². The SMILES string of the molecule is c1ccc(-c2nc3c(c(NCCCn4ccnc4)n2)CCNC3)cc1. The van der Waals surface area contributed by atoms with Gasteiger partial charge in [-0.25, -0.2) is 15.0 Å². The molecule has 6 nitrogen and oxygen atoms in total. The lowest BCUT2D eigenvalue weighted by Gasteiger charge is -2.21. The maximum absolute atomic E-state index is 4.82. The molecular formula is C19H22N6. The van der Waals surface area contributed by atoms with Crippen molar-refractivity contribution in [2.45, 2.75) is 25.9 Å². The van der Waals surface area contributed by atoms with E-state index in [-0.39, 0.29) is 0 Å². The van der Waals surface area contributed by atoms with E-state index in [0.717, 1.165) is 61.9 Å². The molecule has 0 saturated carbocycles. The van der Waals surface area contributed by atoms with E-state index < -0.39 is 0 Å². The third-order valence-corrected chi connectivity index (χ3v) is 4.41. The second-order valence-corrected chi connectivity index (χ2v) is 6.19. The minimum absolute atomic E-state index is 0.792. The van der Waals surface area contributed by atoms with Gasteiger partial charge in [-0.3, -0.25) is 0 Å². The van der Waals surface area contributed by atoms with E-state index in [9.17, 15) is 0 Å². The zero-order valence-corrected chi connectivity index (χ0v) is 14.2. The molecule has 1 aliphatic rings. The molecule has 0 aliphatic carbocycles. The summed E-state index contributed by atoms with van der Waals surface area (Å²) >= 11 is 0. The Morgan fingerprint density at radius 3 is 2.92 bits per heavy atom. The quantitative estimate of drug-likeness (QED) is 0.678. The van der Waals surface area contributed by atoms with Gasteiger partial charge in [0.05, 0.1) is 12.0 Å². The van der Waals surface area contributed by atoms with E-state index in [2.05, 4.69) is 32.3 Å². The standard InChI is InChI=1S/C19H22N6/c1-2-5-15(6-3-1)18-23-17-13-20-9-7-16(17)19(24-18)22-8-4-11-25-12-10-21-14-25/h1-3,5-6,10,12,14,20H,4,7-9,11,13H2,(H,22,23,24). The number of hydrogen-bond donors (Lipinski definition) is 2. The van der Waals surface area contributed by atoms with E-state index in [0.29, 0.717) is 0 Å². The Labute approximate surface area is 147 Å².